The third-order valence-electron chi connectivity index (χ3n) is 3.17. The number of benzene rings is 1. The van der Waals surface area contributed by atoms with Crippen LogP contribution in [0, 0.1) is 12.5 Å². The van der Waals surface area contributed by atoms with Crippen molar-refractivity contribution < 1.29 is 9.53 Å². The third-order valence-corrected chi connectivity index (χ3v) is 3.17. The highest BCUT2D eigenvalue weighted by atomic mass is 16.6. The molecule has 0 radical (unpaired) electrons. The van der Waals surface area contributed by atoms with Crippen LogP contribution in [0.5, 0.6) is 0 Å². The minimum atomic E-state index is -0.410. The van der Waals surface area contributed by atoms with Crippen LogP contribution in [0.1, 0.15) is 26.3 Å². The molecule has 1 aromatic carbocycles. The van der Waals surface area contributed by atoms with Crippen LogP contribution in [-0.2, 0) is 16.1 Å². The normalized spacial score (nSPS) is 16.3. The molecule has 1 saturated heterocycles. The molecule has 0 atom stereocenters. The Kier molecular flexibility index (Phi) is 4.10. The van der Waals surface area contributed by atoms with Gasteiger partial charge in [-0.05, 0) is 26.3 Å². The first-order valence-electron chi connectivity index (χ1n) is 6.79. The van der Waals surface area contributed by atoms with E-state index >= 15 is 0 Å². The molecule has 1 aliphatic rings. The van der Waals surface area contributed by atoms with Crippen molar-refractivity contribution in [1.82, 2.24) is 4.90 Å². The predicted molar refractivity (Wildman–Crippen MR) is 77.3 cm³/mol. The molecule has 1 aromatic rings. The lowest BCUT2D eigenvalue weighted by Crippen LogP contribution is -2.51. The number of carbonyl (C=O) groups is 1. The van der Waals surface area contributed by atoms with E-state index < -0.39 is 5.60 Å². The molecule has 106 valence electrons. The zero-order chi connectivity index (χ0) is 14.8. The van der Waals surface area contributed by atoms with Crippen LogP contribution >= 0.6 is 0 Å². The Labute approximate surface area is 120 Å². The molecule has 4 heteroatoms. The van der Waals surface area contributed by atoms with Gasteiger partial charge < -0.3 is 4.74 Å². The van der Waals surface area contributed by atoms with E-state index in [0.717, 1.165) is 19.6 Å². The summed E-state index contributed by atoms with van der Waals surface area (Å²) in [5.41, 5.74) is 1.41. The van der Waals surface area contributed by atoms with Crippen molar-refractivity contribution in [2.24, 2.45) is 5.92 Å². The van der Waals surface area contributed by atoms with Crippen molar-refractivity contribution in [2.75, 3.05) is 13.1 Å². The SMILES string of the molecule is [C-]#[N+]c1ccc(CN2CC(C(=O)OC(C)(C)C)C2)cc1. The van der Waals surface area contributed by atoms with Gasteiger partial charge in [-0.15, -0.1) is 0 Å². The highest BCUT2D eigenvalue weighted by Gasteiger charge is 2.35. The summed E-state index contributed by atoms with van der Waals surface area (Å²) in [6.45, 7) is 14.9. The van der Waals surface area contributed by atoms with Gasteiger partial charge in [-0.1, -0.05) is 24.3 Å². The van der Waals surface area contributed by atoms with Crippen LogP contribution in [0.4, 0.5) is 5.69 Å². The van der Waals surface area contributed by atoms with E-state index in [0.29, 0.717) is 5.69 Å². The number of likely N-dealkylation sites (tertiary alicyclic amines) is 1. The quantitative estimate of drug-likeness (QED) is 0.626. The van der Waals surface area contributed by atoms with Gasteiger partial charge in [0.2, 0.25) is 0 Å². The van der Waals surface area contributed by atoms with Crippen molar-refractivity contribution in [3.05, 3.63) is 41.2 Å². The minimum absolute atomic E-state index is 0.00302. The molecule has 0 unspecified atom stereocenters. The van der Waals surface area contributed by atoms with Crippen LogP contribution in [0.3, 0.4) is 0 Å². The second-order valence-corrected chi connectivity index (χ2v) is 6.20. The number of nitrogens with zero attached hydrogens (tertiary/aromatic N) is 2. The lowest BCUT2D eigenvalue weighted by Gasteiger charge is -2.38. The second kappa shape index (κ2) is 5.64. The van der Waals surface area contributed by atoms with E-state index in [2.05, 4.69) is 9.74 Å². The molecule has 2 rings (SSSR count). The maximum Gasteiger partial charge on any atom is 0.312 e. The van der Waals surface area contributed by atoms with Crippen molar-refractivity contribution in [1.29, 1.82) is 0 Å². The first-order valence-corrected chi connectivity index (χ1v) is 6.79. The van der Waals surface area contributed by atoms with Gasteiger partial charge >= 0.3 is 5.97 Å². The fourth-order valence-electron chi connectivity index (χ4n) is 2.17. The second-order valence-electron chi connectivity index (χ2n) is 6.20. The standard InChI is InChI=1S/C16H20N2O2/c1-16(2,3)20-15(19)13-10-18(11-13)9-12-5-7-14(17-4)8-6-12/h5-8,13H,9-11H2,1-3H3. The molecule has 0 amide bonds. The number of hydrogen-bond acceptors (Lipinski definition) is 3. The average molecular weight is 272 g/mol. The highest BCUT2D eigenvalue weighted by molar-refractivity contribution is 5.74. The number of esters is 1. The van der Waals surface area contributed by atoms with E-state index in [4.69, 9.17) is 11.3 Å². The molecular weight excluding hydrogens is 252 g/mol. The summed E-state index contributed by atoms with van der Waals surface area (Å²) >= 11 is 0. The van der Waals surface area contributed by atoms with E-state index in [9.17, 15) is 4.79 Å². The molecule has 0 saturated carbocycles. The van der Waals surface area contributed by atoms with Gasteiger partial charge in [0.15, 0.2) is 5.69 Å². The Bertz CT molecular complexity index is 517. The molecule has 1 aliphatic heterocycles. The fraction of sp³-hybridized carbons (Fsp3) is 0.500. The van der Waals surface area contributed by atoms with E-state index in [1.165, 1.54) is 5.56 Å². The van der Waals surface area contributed by atoms with Crippen LogP contribution in [-0.4, -0.2) is 29.6 Å². The highest BCUT2D eigenvalue weighted by Crippen LogP contribution is 2.23. The van der Waals surface area contributed by atoms with Gasteiger partial charge in [-0.3, -0.25) is 9.69 Å². The van der Waals surface area contributed by atoms with E-state index in [1.54, 1.807) is 0 Å². The smallest absolute Gasteiger partial charge is 0.312 e. The molecule has 0 spiro atoms. The largest absolute Gasteiger partial charge is 0.460 e. The molecule has 0 aliphatic carbocycles. The van der Waals surface area contributed by atoms with Crippen molar-refractivity contribution in [3.8, 4) is 0 Å². The Hall–Kier alpha value is -1.86. The Morgan fingerprint density at radius 2 is 1.95 bits per heavy atom. The fourth-order valence-corrected chi connectivity index (χ4v) is 2.17. The van der Waals surface area contributed by atoms with E-state index in [1.807, 2.05) is 45.0 Å². The Balaban J connectivity index is 1.79. The zero-order valence-electron chi connectivity index (χ0n) is 12.2. The maximum absolute atomic E-state index is 11.8. The molecular formula is C16H20N2O2. The molecule has 20 heavy (non-hydrogen) atoms. The first-order chi connectivity index (χ1) is 9.37. The van der Waals surface area contributed by atoms with E-state index in [-0.39, 0.29) is 11.9 Å². The van der Waals surface area contributed by atoms with Crippen LogP contribution in [0.15, 0.2) is 24.3 Å². The summed E-state index contributed by atoms with van der Waals surface area (Å²) in [4.78, 5) is 17.4. The predicted octanol–water partition coefficient (Wildman–Crippen LogP) is 3.01. The molecule has 0 N–H and O–H groups in total. The minimum Gasteiger partial charge on any atom is -0.460 e. The summed E-state index contributed by atoms with van der Waals surface area (Å²) < 4.78 is 5.37. The number of hydrogen-bond donors (Lipinski definition) is 0. The van der Waals surface area contributed by atoms with Crippen LogP contribution in [0.2, 0.25) is 0 Å². The summed E-state index contributed by atoms with van der Waals surface area (Å²) in [5, 5.41) is 0. The lowest BCUT2D eigenvalue weighted by molar-refractivity contribution is -0.166. The molecule has 0 bridgehead atoms. The van der Waals surface area contributed by atoms with Gasteiger partial charge in [0.1, 0.15) is 5.60 Å². The molecule has 0 aromatic heterocycles. The lowest BCUT2D eigenvalue weighted by atomic mass is 9.99. The van der Waals surface area contributed by atoms with Crippen molar-refractivity contribution >= 4 is 11.7 Å². The topological polar surface area (TPSA) is 33.9 Å². The summed E-state index contributed by atoms with van der Waals surface area (Å²) in [7, 11) is 0. The van der Waals surface area contributed by atoms with Crippen molar-refractivity contribution in [3.63, 3.8) is 0 Å². The first kappa shape index (κ1) is 14.5. The number of carbonyl (C=O) groups excluding carboxylic acids is 1. The van der Waals surface area contributed by atoms with Gasteiger partial charge in [0.05, 0.1) is 12.5 Å². The van der Waals surface area contributed by atoms with Gasteiger partial charge in [-0.2, -0.15) is 0 Å². The summed E-state index contributed by atoms with van der Waals surface area (Å²) in [5.74, 6) is -0.103. The summed E-state index contributed by atoms with van der Waals surface area (Å²) in [6.07, 6.45) is 0. The Morgan fingerprint density at radius 1 is 1.35 bits per heavy atom. The van der Waals surface area contributed by atoms with Gasteiger partial charge in [-0.25, -0.2) is 4.85 Å². The maximum atomic E-state index is 11.8. The van der Waals surface area contributed by atoms with Crippen LogP contribution in [0.25, 0.3) is 4.85 Å². The van der Waals surface area contributed by atoms with Crippen LogP contribution < -0.4 is 0 Å². The number of ether oxygens (including phenoxy) is 1. The third kappa shape index (κ3) is 3.82. The average Bonchev–Trinajstić information content (AvgIpc) is 2.31. The molecule has 1 heterocycles. The Morgan fingerprint density at radius 3 is 2.45 bits per heavy atom. The summed E-state index contributed by atoms with van der Waals surface area (Å²) in [6, 6.07) is 7.59. The number of rotatable bonds is 3. The molecule has 4 nitrogen and oxygen atoms in total. The van der Waals surface area contributed by atoms with Gasteiger partial charge in [0, 0.05) is 19.6 Å². The zero-order valence-corrected chi connectivity index (χ0v) is 12.2. The van der Waals surface area contributed by atoms with Gasteiger partial charge in [0.25, 0.3) is 0 Å². The van der Waals surface area contributed by atoms with Crippen molar-refractivity contribution in [2.45, 2.75) is 32.9 Å². The monoisotopic (exact) mass is 272 g/mol. The molecule has 1 fully saturated rings.